The molecule has 0 fully saturated rings. The maximum absolute atomic E-state index is 12.5. The summed E-state index contributed by atoms with van der Waals surface area (Å²) in [6.07, 6.45) is 3.17. The van der Waals surface area contributed by atoms with Crippen LogP contribution >= 0.6 is 11.6 Å². The standard InChI is InChI=1S/C22H25ClN4O3S/c1-16(2)26(3)31(29,30)20-10-8-17(9-11-20)12-24-22(28)19-13-25-27(15-19)14-18-6-4-5-7-21(18)23/h4-11,13,15-16H,12,14H2,1-3H3,(H,24,28). The van der Waals surface area contributed by atoms with E-state index in [1.807, 2.05) is 38.1 Å². The fourth-order valence-corrected chi connectivity index (χ4v) is 4.44. The number of nitrogens with zero attached hydrogens (tertiary/aromatic N) is 3. The average molecular weight is 461 g/mol. The van der Waals surface area contributed by atoms with E-state index in [-0.39, 0.29) is 23.4 Å². The fraction of sp³-hybridized carbons (Fsp3) is 0.273. The van der Waals surface area contributed by atoms with Crippen LogP contribution in [0.3, 0.4) is 0 Å². The Morgan fingerprint density at radius 2 is 1.84 bits per heavy atom. The van der Waals surface area contributed by atoms with Gasteiger partial charge in [-0.05, 0) is 43.2 Å². The maximum Gasteiger partial charge on any atom is 0.254 e. The molecule has 0 unspecified atom stereocenters. The third-order valence-electron chi connectivity index (χ3n) is 4.97. The van der Waals surface area contributed by atoms with Crippen LogP contribution in [0.2, 0.25) is 5.02 Å². The van der Waals surface area contributed by atoms with Crippen LogP contribution in [0.5, 0.6) is 0 Å². The van der Waals surface area contributed by atoms with Crippen molar-refractivity contribution < 1.29 is 13.2 Å². The van der Waals surface area contributed by atoms with Crippen LogP contribution in [-0.4, -0.2) is 41.5 Å². The molecule has 0 bridgehead atoms. The zero-order valence-corrected chi connectivity index (χ0v) is 19.2. The maximum atomic E-state index is 12.5. The van der Waals surface area contributed by atoms with E-state index in [4.69, 9.17) is 11.6 Å². The van der Waals surface area contributed by atoms with Gasteiger partial charge in [0.2, 0.25) is 10.0 Å². The smallest absolute Gasteiger partial charge is 0.254 e. The number of amides is 1. The van der Waals surface area contributed by atoms with Crippen molar-refractivity contribution in [1.29, 1.82) is 0 Å². The fourth-order valence-electron chi connectivity index (χ4n) is 2.88. The minimum Gasteiger partial charge on any atom is -0.348 e. The third-order valence-corrected chi connectivity index (χ3v) is 7.38. The van der Waals surface area contributed by atoms with Crippen LogP contribution in [0.25, 0.3) is 0 Å². The first-order chi connectivity index (χ1) is 14.7. The monoisotopic (exact) mass is 460 g/mol. The van der Waals surface area contributed by atoms with Crippen molar-refractivity contribution in [3.63, 3.8) is 0 Å². The summed E-state index contributed by atoms with van der Waals surface area (Å²) in [5, 5.41) is 7.70. The highest BCUT2D eigenvalue weighted by Gasteiger charge is 2.22. The molecule has 3 rings (SSSR count). The first kappa shape index (κ1) is 23.0. The predicted octanol–water partition coefficient (Wildman–Crippen LogP) is 3.54. The number of hydrogen-bond donors (Lipinski definition) is 1. The third kappa shape index (κ3) is 5.52. The number of carbonyl (C=O) groups is 1. The molecule has 31 heavy (non-hydrogen) atoms. The Kier molecular flexibility index (Phi) is 7.15. The zero-order valence-electron chi connectivity index (χ0n) is 17.6. The van der Waals surface area contributed by atoms with Gasteiger partial charge >= 0.3 is 0 Å². The Bertz CT molecular complexity index is 1160. The molecule has 0 aliphatic carbocycles. The van der Waals surface area contributed by atoms with Gasteiger partial charge in [0.05, 0.1) is 23.2 Å². The number of rotatable bonds is 8. The van der Waals surface area contributed by atoms with E-state index in [1.165, 1.54) is 10.5 Å². The number of benzene rings is 2. The Hall–Kier alpha value is -2.68. The van der Waals surface area contributed by atoms with Gasteiger partial charge in [-0.3, -0.25) is 9.48 Å². The largest absolute Gasteiger partial charge is 0.348 e. The SMILES string of the molecule is CC(C)N(C)S(=O)(=O)c1ccc(CNC(=O)c2cnn(Cc3ccccc3Cl)c2)cc1. The molecule has 2 aromatic carbocycles. The lowest BCUT2D eigenvalue weighted by Crippen LogP contribution is -2.33. The highest BCUT2D eigenvalue weighted by molar-refractivity contribution is 7.89. The van der Waals surface area contributed by atoms with Crippen molar-refractivity contribution in [3.05, 3.63) is 82.6 Å². The summed E-state index contributed by atoms with van der Waals surface area (Å²) in [7, 11) is -1.97. The molecular formula is C22H25ClN4O3S. The molecule has 0 spiro atoms. The summed E-state index contributed by atoms with van der Waals surface area (Å²) in [6.45, 7) is 4.37. The molecule has 1 heterocycles. The van der Waals surface area contributed by atoms with Gasteiger partial charge < -0.3 is 5.32 Å². The van der Waals surface area contributed by atoms with Crippen molar-refractivity contribution in [2.24, 2.45) is 0 Å². The van der Waals surface area contributed by atoms with Gasteiger partial charge in [-0.25, -0.2) is 8.42 Å². The molecule has 0 radical (unpaired) electrons. The molecule has 164 valence electrons. The summed E-state index contributed by atoms with van der Waals surface area (Å²) < 4.78 is 28.0. The van der Waals surface area contributed by atoms with Crippen LogP contribution in [0.15, 0.2) is 65.8 Å². The van der Waals surface area contributed by atoms with Gasteiger partial charge in [0.15, 0.2) is 0 Å². The Balaban J connectivity index is 1.60. The molecule has 0 aliphatic rings. The van der Waals surface area contributed by atoms with E-state index in [0.29, 0.717) is 17.1 Å². The van der Waals surface area contributed by atoms with Gasteiger partial charge in [-0.15, -0.1) is 0 Å². The van der Waals surface area contributed by atoms with E-state index in [1.54, 1.807) is 42.2 Å². The molecule has 0 atom stereocenters. The minimum atomic E-state index is -3.53. The molecule has 7 nitrogen and oxygen atoms in total. The Labute approximate surface area is 187 Å². The summed E-state index contributed by atoms with van der Waals surface area (Å²) >= 11 is 6.17. The first-order valence-corrected chi connectivity index (χ1v) is 11.6. The first-order valence-electron chi connectivity index (χ1n) is 9.79. The van der Waals surface area contributed by atoms with E-state index in [9.17, 15) is 13.2 Å². The van der Waals surface area contributed by atoms with Crippen LogP contribution in [0, 0.1) is 0 Å². The molecule has 3 aromatic rings. The molecule has 0 saturated carbocycles. The number of carbonyl (C=O) groups excluding carboxylic acids is 1. The second-order valence-corrected chi connectivity index (χ2v) is 9.86. The van der Waals surface area contributed by atoms with Crippen molar-refractivity contribution in [3.8, 4) is 0 Å². The van der Waals surface area contributed by atoms with Crippen molar-refractivity contribution in [2.75, 3.05) is 7.05 Å². The van der Waals surface area contributed by atoms with Gasteiger partial charge in [0.1, 0.15) is 0 Å². The van der Waals surface area contributed by atoms with E-state index in [0.717, 1.165) is 11.1 Å². The zero-order chi connectivity index (χ0) is 22.6. The number of nitrogens with one attached hydrogen (secondary N) is 1. The minimum absolute atomic E-state index is 0.136. The molecule has 1 aromatic heterocycles. The summed E-state index contributed by atoms with van der Waals surface area (Å²) in [6, 6.07) is 13.8. The average Bonchev–Trinajstić information content (AvgIpc) is 3.22. The summed E-state index contributed by atoms with van der Waals surface area (Å²) in [5.74, 6) is -0.262. The molecular weight excluding hydrogens is 436 g/mol. The quantitative estimate of drug-likeness (QED) is 0.557. The van der Waals surface area contributed by atoms with Crippen LogP contribution in [0.1, 0.15) is 35.3 Å². The van der Waals surface area contributed by atoms with E-state index in [2.05, 4.69) is 10.4 Å². The van der Waals surface area contributed by atoms with Crippen LogP contribution in [0.4, 0.5) is 0 Å². The second kappa shape index (κ2) is 9.64. The highest BCUT2D eigenvalue weighted by atomic mass is 35.5. The molecule has 1 amide bonds. The van der Waals surface area contributed by atoms with Crippen LogP contribution < -0.4 is 5.32 Å². The number of sulfonamides is 1. The van der Waals surface area contributed by atoms with E-state index < -0.39 is 10.0 Å². The number of aromatic nitrogens is 2. The lowest BCUT2D eigenvalue weighted by Gasteiger charge is -2.21. The molecule has 0 aliphatic heterocycles. The Morgan fingerprint density at radius 3 is 2.48 bits per heavy atom. The topological polar surface area (TPSA) is 84.3 Å². The summed E-state index contributed by atoms with van der Waals surface area (Å²) in [5.41, 5.74) is 2.14. The van der Waals surface area contributed by atoms with E-state index >= 15 is 0 Å². The number of halogens is 1. The Morgan fingerprint density at radius 1 is 1.16 bits per heavy atom. The normalized spacial score (nSPS) is 11.8. The lowest BCUT2D eigenvalue weighted by molar-refractivity contribution is 0.0951. The lowest BCUT2D eigenvalue weighted by atomic mass is 10.2. The highest BCUT2D eigenvalue weighted by Crippen LogP contribution is 2.18. The second-order valence-electron chi connectivity index (χ2n) is 7.46. The van der Waals surface area contributed by atoms with Crippen molar-refractivity contribution >= 4 is 27.5 Å². The summed E-state index contributed by atoms with van der Waals surface area (Å²) in [4.78, 5) is 12.7. The van der Waals surface area contributed by atoms with Gasteiger partial charge in [-0.2, -0.15) is 9.40 Å². The van der Waals surface area contributed by atoms with Gasteiger partial charge in [0, 0.05) is 30.9 Å². The molecule has 0 saturated heterocycles. The van der Waals surface area contributed by atoms with Crippen LogP contribution in [-0.2, 0) is 23.1 Å². The molecule has 1 N–H and O–H groups in total. The van der Waals surface area contributed by atoms with Gasteiger partial charge in [0.25, 0.3) is 5.91 Å². The molecule has 9 heteroatoms. The predicted molar refractivity (Wildman–Crippen MR) is 120 cm³/mol. The number of hydrogen-bond acceptors (Lipinski definition) is 4. The van der Waals surface area contributed by atoms with Crippen molar-refractivity contribution in [2.45, 2.75) is 37.9 Å². The van der Waals surface area contributed by atoms with Crippen molar-refractivity contribution in [1.82, 2.24) is 19.4 Å². The van der Waals surface area contributed by atoms with Gasteiger partial charge in [-0.1, -0.05) is 41.9 Å².